The molecule has 0 aromatic rings. The Bertz CT molecular complexity index is 508. The lowest BCUT2D eigenvalue weighted by molar-refractivity contribution is -0.147. The van der Waals surface area contributed by atoms with E-state index in [0.717, 1.165) is 0 Å². The summed E-state index contributed by atoms with van der Waals surface area (Å²) in [6.07, 6.45) is -1.49. The largest absolute Gasteiger partial charge is 0.481 e. The maximum Gasteiger partial charge on any atom is 0.326 e. The summed E-state index contributed by atoms with van der Waals surface area (Å²) < 4.78 is 0. The third kappa shape index (κ3) is 8.05. The number of nitrogens with one attached hydrogen (secondary N) is 2. The summed E-state index contributed by atoms with van der Waals surface area (Å²) in [4.78, 5) is 55.3. The average molecular weight is 349 g/mol. The van der Waals surface area contributed by atoms with Crippen molar-refractivity contribution in [2.75, 3.05) is 6.61 Å². The van der Waals surface area contributed by atoms with Crippen LogP contribution in [0.25, 0.3) is 0 Å². The van der Waals surface area contributed by atoms with Crippen LogP contribution in [0.4, 0.5) is 0 Å². The molecule has 8 N–H and O–H groups in total. The minimum atomic E-state index is -1.75. The standard InChI is InChI=1S/C12H19N3O9/c13-5(1-2-8(17)18)10(21)15-7(4-16)11(22)14-6(12(23)24)3-9(19)20/h5-7,16H,1-4,13H2,(H,14,22)(H,15,21)(H,17,18)(H,19,20)(H,23,24). The van der Waals surface area contributed by atoms with Gasteiger partial charge in [0, 0.05) is 6.42 Å². The third-order valence-electron chi connectivity index (χ3n) is 2.81. The molecule has 3 atom stereocenters. The fourth-order valence-electron chi connectivity index (χ4n) is 1.53. The van der Waals surface area contributed by atoms with Crippen molar-refractivity contribution in [3.8, 4) is 0 Å². The van der Waals surface area contributed by atoms with Gasteiger partial charge < -0.3 is 36.8 Å². The van der Waals surface area contributed by atoms with Crippen molar-refractivity contribution in [3.63, 3.8) is 0 Å². The van der Waals surface area contributed by atoms with Gasteiger partial charge in [-0.1, -0.05) is 0 Å². The Morgan fingerprint density at radius 1 is 0.875 bits per heavy atom. The Kier molecular flexibility index (Phi) is 8.97. The zero-order chi connectivity index (χ0) is 18.9. The van der Waals surface area contributed by atoms with Gasteiger partial charge in [-0.05, 0) is 6.42 Å². The van der Waals surface area contributed by atoms with Gasteiger partial charge in [-0.25, -0.2) is 4.79 Å². The number of aliphatic carboxylic acids is 3. The lowest BCUT2D eigenvalue weighted by Gasteiger charge is -2.20. The summed E-state index contributed by atoms with van der Waals surface area (Å²) in [6.45, 7) is -0.900. The summed E-state index contributed by atoms with van der Waals surface area (Å²) in [5.74, 6) is -6.29. The second-order valence-corrected chi connectivity index (χ2v) is 4.78. The molecule has 0 saturated carbocycles. The van der Waals surface area contributed by atoms with Gasteiger partial charge in [-0.15, -0.1) is 0 Å². The van der Waals surface area contributed by atoms with Crippen LogP contribution in [0.2, 0.25) is 0 Å². The van der Waals surface area contributed by atoms with Gasteiger partial charge >= 0.3 is 17.9 Å². The number of aliphatic hydroxyl groups is 1. The van der Waals surface area contributed by atoms with E-state index in [9.17, 15) is 24.0 Å². The van der Waals surface area contributed by atoms with Crippen molar-refractivity contribution in [3.05, 3.63) is 0 Å². The van der Waals surface area contributed by atoms with E-state index >= 15 is 0 Å². The highest BCUT2D eigenvalue weighted by molar-refractivity contribution is 5.92. The molecule has 24 heavy (non-hydrogen) atoms. The van der Waals surface area contributed by atoms with Crippen LogP contribution in [0, 0.1) is 0 Å². The van der Waals surface area contributed by atoms with E-state index in [2.05, 4.69) is 0 Å². The number of aliphatic hydroxyl groups excluding tert-OH is 1. The number of carboxylic acids is 3. The molecular weight excluding hydrogens is 330 g/mol. The zero-order valence-corrected chi connectivity index (χ0v) is 12.5. The molecule has 0 spiro atoms. The van der Waals surface area contributed by atoms with Crippen LogP contribution in [0.15, 0.2) is 0 Å². The van der Waals surface area contributed by atoms with Gasteiger partial charge in [0.2, 0.25) is 11.8 Å². The Hall–Kier alpha value is -2.73. The van der Waals surface area contributed by atoms with Gasteiger partial charge in [-0.3, -0.25) is 19.2 Å². The predicted molar refractivity (Wildman–Crippen MR) is 75.7 cm³/mol. The number of carbonyl (C=O) groups excluding carboxylic acids is 2. The van der Waals surface area contributed by atoms with E-state index in [0.29, 0.717) is 0 Å². The summed E-state index contributed by atoms with van der Waals surface area (Å²) in [5.41, 5.74) is 5.42. The van der Waals surface area contributed by atoms with Gasteiger partial charge in [0.1, 0.15) is 12.1 Å². The predicted octanol–water partition coefficient (Wildman–Crippen LogP) is -3.30. The summed E-state index contributed by atoms with van der Waals surface area (Å²) >= 11 is 0. The lowest BCUT2D eigenvalue weighted by atomic mass is 10.1. The Morgan fingerprint density at radius 3 is 1.83 bits per heavy atom. The molecule has 0 aromatic carbocycles. The molecule has 0 aliphatic heterocycles. The molecular formula is C12H19N3O9. The molecule has 0 fully saturated rings. The second kappa shape index (κ2) is 10.1. The van der Waals surface area contributed by atoms with Crippen LogP contribution in [-0.4, -0.2) is 74.9 Å². The normalized spacial score (nSPS) is 14.1. The van der Waals surface area contributed by atoms with Gasteiger partial charge in [0.05, 0.1) is 19.1 Å². The number of rotatable bonds is 11. The molecule has 0 bridgehead atoms. The molecule has 12 nitrogen and oxygen atoms in total. The van der Waals surface area contributed by atoms with Crippen LogP contribution < -0.4 is 16.4 Å². The van der Waals surface area contributed by atoms with E-state index < -0.39 is 60.9 Å². The van der Waals surface area contributed by atoms with E-state index in [4.69, 9.17) is 26.2 Å². The molecule has 0 saturated heterocycles. The smallest absolute Gasteiger partial charge is 0.326 e. The van der Waals surface area contributed by atoms with Crippen molar-refractivity contribution < 1.29 is 44.4 Å². The molecule has 0 aliphatic carbocycles. The minimum absolute atomic E-state index is 0.211. The summed E-state index contributed by atoms with van der Waals surface area (Å²) in [5, 5.41) is 38.9. The monoisotopic (exact) mass is 349 g/mol. The Morgan fingerprint density at radius 2 is 1.42 bits per heavy atom. The van der Waals surface area contributed by atoms with Crippen molar-refractivity contribution in [2.45, 2.75) is 37.4 Å². The topological polar surface area (TPSA) is 216 Å². The number of nitrogens with two attached hydrogens (primary N) is 1. The molecule has 0 radical (unpaired) electrons. The maximum absolute atomic E-state index is 11.8. The second-order valence-electron chi connectivity index (χ2n) is 4.78. The van der Waals surface area contributed by atoms with Crippen molar-refractivity contribution in [2.24, 2.45) is 5.73 Å². The number of hydrogen-bond acceptors (Lipinski definition) is 7. The summed E-state index contributed by atoms with van der Waals surface area (Å²) in [6, 6.07) is -4.57. The first-order valence-electron chi connectivity index (χ1n) is 6.72. The third-order valence-corrected chi connectivity index (χ3v) is 2.81. The van der Waals surface area contributed by atoms with Gasteiger partial charge in [-0.2, -0.15) is 0 Å². The highest BCUT2D eigenvalue weighted by atomic mass is 16.4. The Balaban J connectivity index is 4.73. The molecule has 2 amide bonds. The quantitative estimate of drug-likeness (QED) is 0.197. The zero-order valence-electron chi connectivity index (χ0n) is 12.5. The first-order chi connectivity index (χ1) is 11.1. The van der Waals surface area contributed by atoms with Gasteiger partial charge in [0.15, 0.2) is 0 Å². The maximum atomic E-state index is 11.8. The Labute approximate surface area is 135 Å². The number of amides is 2. The first-order valence-corrected chi connectivity index (χ1v) is 6.72. The van der Waals surface area contributed by atoms with Crippen molar-refractivity contribution >= 4 is 29.7 Å². The van der Waals surface area contributed by atoms with Crippen LogP contribution in [0.5, 0.6) is 0 Å². The van der Waals surface area contributed by atoms with Gasteiger partial charge in [0.25, 0.3) is 0 Å². The fourth-order valence-corrected chi connectivity index (χ4v) is 1.53. The number of carboxylic acid groups (broad SMARTS) is 3. The molecule has 0 rings (SSSR count). The van der Waals surface area contributed by atoms with Crippen LogP contribution in [-0.2, 0) is 24.0 Å². The van der Waals surface area contributed by atoms with E-state index in [1.54, 1.807) is 0 Å². The lowest BCUT2D eigenvalue weighted by Crippen LogP contribution is -2.56. The van der Waals surface area contributed by atoms with E-state index in [1.165, 1.54) is 0 Å². The van der Waals surface area contributed by atoms with Crippen molar-refractivity contribution in [1.29, 1.82) is 0 Å². The highest BCUT2D eigenvalue weighted by Gasteiger charge is 2.28. The highest BCUT2D eigenvalue weighted by Crippen LogP contribution is 1.98. The fraction of sp³-hybridized carbons (Fsp3) is 0.583. The number of carbonyl (C=O) groups is 5. The molecule has 0 aliphatic rings. The van der Waals surface area contributed by atoms with Crippen LogP contribution in [0.3, 0.4) is 0 Å². The van der Waals surface area contributed by atoms with Crippen LogP contribution in [0.1, 0.15) is 19.3 Å². The van der Waals surface area contributed by atoms with Crippen molar-refractivity contribution in [1.82, 2.24) is 10.6 Å². The van der Waals surface area contributed by atoms with E-state index in [1.807, 2.05) is 10.6 Å². The SMILES string of the molecule is NC(CCC(=O)O)C(=O)NC(CO)C(=O)NC(CC(=O)O)C(=O)O. The summed E-state index contributed by atoms with van der Waals surface area (Å²) in [7, 11) is 0. The molecule has 12 heteroatoms. The molecule has 0 aromatic heterocycles. The number of hydrogen-bond donors (Lipinski definition) is 7. The first kappa shape index (κ1) is 21.3. The molecule has 0 heterocycles. The average Bonchev–Trinajstić information content (AvgIpc) is 2.48. The van der Waals surface area contributed by atoms with Crippen LogP contribution >= 0.6 is 0 Å². The minimum Gasteiger partial charge on any atom is -0.481 e. The van der Waals surface area contributed by atoms with E-state index in [-0.39, 0.29) is 12.8 Å². The molecule has 3 unspecified atom stereocenters. The molecule has 136 valence electrons.